The maximum Gasteiger partial charge on any atom is 0.350 e. The van der Waals surface area contributed by atoms with Gasteiger partial charge in [-0.1, -0.05) is 41.2 Å². The fraction of sp³-hybridized carbons (Fsp3) is 0.259. The third kappa shape index (κ3) is 4.37. The molecule has 2 aromatic carbocycles. The Labute approximate surface area is 212 Å². The molecule has 1 saturated heterocycles. The average Bonchev–Trinajstić information content (AvgIpc) is 3.36. The van der Waals surface area contributed by atoms with E-state index in [9.17, 15) is 19.5 Å². The third-order valence-electron chi connectivity index (χ3n) is 5.95. The first-order chi connectivity index (χ1) is 17.2. The Bertz CT molecular complexity index is 1390. The van der Waals surface area contributed by atoms with Gasteiger partial charge in [-0.25, -0.2) is 9.78 Å². The van der Waals surface area contributed by atoms with Crippen molar-refractivity contribution >= 4 is 39.9 Å². The molecular weight excluding hydrogens is 480 g/mol. The van der Waals surface area contributed by atoms with E-state index in [1.807, 2.05) is 32.9 Å². The SMILES string of the molecule is CCOc1ccc(C(O)=C2C(=O)C(=O)N(c3nc(C)c(C(=O)OC)s3)[C@H]2c2ccc(C)cc2)cc1C. The number of hydrogen-bond donors (Lipinski definition) is 1. The van der Waals surface area contributed by atoms with Crippen molar-refractivity contribution in [2.24, 2.45) is 0 Å². The number of ketones is 1. The first kappa shape index (κ1) is 25.1. The first-order valence-electron chi connectivity index (χ1n) is 11.3. The number of hydrogen-bond acceptors (Lipinski definition) is 8. The van der Waals surface area contributed by atoms with E-state index in [2.05, 4.69) is 4.98 Å². The van der Waals surface area contributed by atoms with Crippen LogP contribution in [0.5, 0.6) is 5.75 Å². The monoisotopic (exact) mass is 506 g/mol. The quantitative estimate of drug-likeness (QED) is 0.220. The van der Waals surface area contributed by atoms with E-state index < -0.39 is 23.7 Å². The zero-order valence-electron chi connectivity index (χ0n) is 20.6. The van der Waals surface area contributed by atoms with Crippen molar-refractivity contribution in [2.75, 3.05) is 18.6 Å². The van der Waals surface area contributed by atoms with Gasteiger partial charge in [-0.05, 0) is 57.0 Å². The number of esters is 1. The van der Waals surface area contributed by atoms with Gasteiger partial charge in [0, 0.05) is 5.56 Å². The van der Waals surface area contributed by atoms with E-state index in [0.717, 1.165) is 22.5 Å². The Hall–Kier alpha value is -3.98. The van der Waals surface area contributed by atoms with Crippen molar-refractivity contribution in [1.82, 2.24) is 4.98 Å². The van der Waals surface area contributed by atoms with Crippen LogP contribution in [0.4, 0.5) is 5.13 Å². The molecule has 1 atom stereocenters. The second-order valence-electron chi connectivity index (χ2n) is 8.40. The number of nitrogens with zero attached hydrogens (tertiary/aromatic N) is 2. The fourth-order valence-electron chi connectivity index (χ4n) is 4.13. The van der Waals surface area contributed by atoms with Crippen molar-refractivity contribution in [2.45, 2.75) is 33.7 Å². The van der Waals surface area contributed by atoms with Crippen LogP contribution in [-0.4, -0.2) is 41.5 Å². The summed E-state index contributed by atoms with van der Waals surface area (Å²) in [5.41, 5.74) is 3.11. The van der Waals surface area contributed by atoms with Gasteiger partial charge in [-0.15, -0.1) is 0 Å². The van der Waals surface area contributed by atoms with Gasteiger partial charge < -0.3 is 14.6 Å². The number of rotatable bonds is 6. The highest BCUT2D eigenvalue weighted by Gasteiger charge is 2.48. The molecule has 0 aliphatic carbocycles. The van der Waals surface area contributed by atoms with Gasteiger partial charge in [0.1, 0.15) is 16.4 Å². The minimum Gasteiger partial charge on any atom is -0.507 e. The second-order valence-corrected chi connectivity index (χ2v) is 9.37. The Morgan fingerprint density at radius 2 is 1.81 bits per heavy atom. The van der Waals surface area contributed by atoms with Crippen molar-refractivity contribution in [3.63, 3.8) is 0 Å². The number of amides is 1. The highest BCUT2D eigenvalue weighted by molar-refractivity contribution is 7.17. The molecule has 1 N–H and O–H groups in total. The number of carbonyl (C=O) groups excluding carboxylic acids is 3. The lowest BCUT2D eigenvalue weighted by atomic mass is 9.94. The number of ether oxygens (including phenoxy) is 2. The third-order valence-corrected chi connectivity index (χ3v) is 7.08. The maximum absolute atomic E-state index is 13.3. The first-order valence-corrected chi connectivity index (χ1v) is 12.2. The van der Waals surface area contributed by atoms with E-state index in [1.165, 1.54) is 12.0 Å². The molecule has 4 rings (SSSR count). The normalized spacial score (nSPS) is 16.9. The number of benzene rings is 2. The van der Waals surface area contributed by atoms with Gasteiger partial charge in [-0.3, -0.25) is 14.5 Å². The number of aliphatic hydroxyl groups is 1. The summed E-state index contributed by atoms with van der Waals surface area (Å²) in [5.74, 6) is -1.89. The molecule has 8 nitrogen and oxygen atoms in total. The largest absolute Gasteiger partial charge is 0.507 e. The summed E-state index contributed by atoms with van der Waals surface area (Å²) in [7, 11) is 1.26. The number of aryl methyl sites for hydroxylation is 3. The lowest BCUT2D eigenvalue weighted by Gasteiger charge is -2.23. The molecule has 0 unspecified atom stereocenters. The molecule has 0 radical (unpaired) electrons. The highest BCUT2D eigenvalue weighted by atomic mass is 32.1. The van der Waals surface area contributed by atoms with Gasteiger partial charge in [-0.2, -0.15) is 0 Å². The zero-order chi connectivity index (χ0) is 26.1. The average molecular weight is 507 g/mol. The number of thiazole rings is 1. The van der Waals surface area contributed by atoms with Crippen molar-refractivity contribution < 1.29 is 29.0 Å². The smallest absolute Gasteiger partial charge is 0.350 e. The van der Waals surface area contributed by atoms with E-state index >= 15 is 0 Å². The summed E-state index contributed by atoms with van der Waals surface area (Å²) in [6, 6.07) is 11.5. The standard InChI is InChI=1S/C27H26N2O6S/c1-6-35-19-12-11-18(13-15(19)3)22(30)20-21(17-9-7-14(2)8-10-17)29(25(32)23(20)31)27-28-16(4)24(36-27)26(33)34-5/h7-13,21,30H,6H2,1-5H3/t21-/m0/s1. The summed E-state index contributed by atoms with van der Waals surface area (Å²) < 4.78 is 10.4. The van der Waals surface area contributed by atoms with Crippen LogP contribution >= 0.6 is 11.3 Å². The number of Topliss-reactive ketones (excluding diaryl/α,β-unsaturated/α-hetero) is 1. The van der Waals surface area contributed by atoms with Crippen LogP contribution in [0, 0.1) is 20.8 Å². The topological polar surface area (TPSA) is 106 Å². The van der Waals surface area contributed by atoms with Gasteiger partial charge in [0.05, 0.1) is 31.0 Å². The van der Waals surface area contributed by atoms with Gasteiger partial charge in [0.15, 0.2) is 5.13 Å². The number of aliphatic hydroxyl groups excluding tert-OH is 1. The lowest BCUT2D eigenvalue weighted by molar-refractivity contribution is -0.132. The van der Waals surface area contributed by atoms with Crippen LogP contribution in [0.1, 0.15) is 50.6 Å². The summed E-state index contributed by atoms with van der Waals surface area (Å²) in [6.45, 7) is 7.76. The number of anilines is 1. The van der Waals surface area contributed by atoms with Crippen molar-refractivity contribution in [3.05, 3.63) is 80.9 Å². The van der Waals surface area contributed by atoms with E-state index in [-0.39, 0.29) is 21.3 Å². The molecule has 36 heavy (non-hydrogen) atoms. The molecule has 1 aromatic heterocycles. The van der Waals surface area contributed by atoms with Crippen LogP contribution in [0.25, 0.3) is 5.76 Å². The van der Waals surface area contributed by atoms with Crippen LogP contribution < -0.4 is 9.64 Å². The van der Waals surface area contributed by atoms with E-state index in [4.69, 9.17) is 9.47 Å². The molecular formula is C27H26N2O6S. The molecule has 9 heteroatoms. The van der Waals surface area contributed by atoms with Crippen molar-refractivity contribution in [1.29, 1.82) is 0 Å². The van der Waals surface area contributed by atoms with Crippen molar-refractivity contribution in [3.8, 4) is 5.75 Å². The Morgan fingerprint density at radius 1 is 1.11 bits per heavy atom. The molecule has 186 valence electrons. The van der Waals surface area contributed by atoms with Gasteiger partial charge >= 0.3 is 11.9 Å². The van der Waals surface area contributed by atoms with Gasteiger partial charge in [0.25, 0.3) is 5.78 Å². The summed E-state index contributed by atoms with van der Waals surface area (Å²) in [4.78, 5) is 44.7. The predicted octanol–water partition coefficient (Wildman–Crippen LogP) is 4.88. The Kier molecular flexibility index (Phi) is 6.94. The van der Waals surface area contributed by atoms with E-state index in [1.54, 1.807) is 37.3 Å². The maximum atomic E-state index is 13.3. The molecule has 0 spiro atoms. The molecule has 0 saturated carbocycles. The molecule has 3 aromatic rings. The minimum atomic E-state index is -0.937. The number of aromatic nitrogens is 1. The van der Waals surface area contributed by atoms with Crippen LogP contribution in [0.15, 0.2) is 48.0 Å². The highest BCUT2D eigenvalue weighted by Crippen LogP contribution is 2.44. The predicted molar refractivity (Wildman–Crippen MR) is 137 cm³/mol. The minimum absolute atomic E-state index is 0.0557. The Morgan fingerprint density at radius 3 is 2.42 bits per heavy atom. The molecule has 2 heterocycles. The molecule has 1 aliphatic rings. The van der Waals surface area contributed by atoms with Crippen LogP contribution in [0.3, 0.4) is 0 Å². The van der Waals surface area contributed by atoms with Crippen LogP contribution in [-0.2, 0) is 14.3 Å². The summed E-state index contributed by atoms with van der Waals surface area (Å²) >= 11 is 0.963. The second kappa shape index (κ2) is 9.94. The fourth-order valence-corrected chi connectivity index (χ4v) is 5.14. The lowest BCUT2D eigenvalue weighted by Crippen LogP contribution is -2.29. The Balaban J connectivity index is 1.91. The molecule has 1 aliphatic heterocycles. The summed E-state index contributed by atoms with van der Waals surface area (Å²) in [6.07, 6.45) is 0. The van der Waals surface area contributed by atoms with Crippen LogP contribution in [0.2, 0.25) is 0 Å². The zero-order valence-corrected chi connectivity index (χ0v) is 21.4. The molecule has 1 amide bonds. The number of carbonyl (C=O) groups is 3. The van der Waals surface area contributed by atoms with E-state index in [0.29, 0.717) is 29.2 Å². The molecule has 1 fully saturated rings. The summed E-state index contributed by atoms with van der Waals surface area (Å²) in [5, 5.41) is 11.5. The number of methoxy groups -OCH3 is 1. The van der Waals surface area contributed by atoms with Gasteiger partial charge in [0.2, 0.25) is 0 Å². The molecule has 0 bridgehead atoms.